The van der Waals surface area contributed by atoms with E-state index in [1.54, 1.807) is 23.2 Å². The molecular weight excluding hydrogens is 406 g/mol. The Morgan fingerprint density at radius 3 is 2.87 bits per heavy atom. The van der Waals surface area contributed by atoms with Gasteiger partial charge in [-0.2, -0.15) is 9.29 Å². The molecule has 3 heterocycles. The number of nitrogens with zero attached hydrogens (tertiary/aromatic N) is 5. The van der Waals surface area contributed by atoms with Gasteiger partial charge in [-0.05, 0) is 30.9 Å². The number of carbonyl (C=O) groups is 1. The minimum absolute atomic E-state index is 0.0912. The largest absolute Gasteiger partial charge is 0.339 e. The van der Waals surface area contributed by atoms with E-state index in [9.17, 15) is 13.2 Å². The van der Waals surface area contributed by atoms with E-state index in [0.29, 0.717) is 50.0 Å². The van der Waals surface area contributed by atoms with Gasteiger partial charge in [0.1, 0.15) is 4.90 Å². The van der Waals surface area contributed by atoms with E-state index in [-0.39, 0.29) is 23.4 Å². The van der Waals surface area contributed by atoms with Crippen LogP contribution in [0.25, 0.3) is 0 Å². The molecule has 0 spiro atoms. The summed E-state index contributed by atoms with van der Waals surface area (Å²) in [5.41, 5.74) is 0. The first-order chi connectivity index (χ1) is 14.3. The quantitative estimate of drug-likeness (QED) is 0.623. The third-order valence-electron chi connectivity index (χ3n) is 5.15. The second-order valence-electron chi connectivity index (χ2n) is 8.01. The smallest absolute Gasteiger partial charge is 0.244 e. The number of piperidine rings is 1. The molecule has 1 aliphatic rings. The van der Waals surface area contributed by atoms with Crippen molar-refractivity contribution in [3.8, 4) is 0 Å². The fraction of sp³-hybridized carbons (Fsp3) is 0.600. The molecule has 1 unspecified atom stereocenters. The monoisotopic (exact) mass is 435 g/mol. The molecule has 30 heavy (non-hydrogen) atoms. The van der Waals surface area contributed by atoms with E-state index in [2.05, 4.69) is 29.0 Å². The van der Waals surface area contributed by atoms with Gasteiger partial charge in [-0.3, -0.25) is 9.78 Å². The van der Waals surface area contributed by atoms with E-state index < -0.39 is 10.0 Å². The summed E-state index contributed by atoms with van der Waals surface area (Å²) in [7, 11) is -3.64. The number of sulfonamides is 1. The molecule has 0 saturated carbocycles. The van der Waals surface area contributed by atoms with E-state index in [1.807, 2.05) is 0 Å². The van der Waals surface area contributed by atoms with Gasteiger partial charge < -0.3 is 9.42 Å². The average Bonchev–Trinajstić information content (AvgIpc) is 3.15. The fourth-order valence-corrected chi connectivity index (χ4v) is 5.16. The SMILES string of the molecule is CC(=O)N(CCc1noc(CC(C)C)n1)C1CCCN(S(=O)(=O)c2cccnc2)C1. The lowest BCUT2D eigenvalue weighted by Gasteiger charge is -2.38. The second kappa shape index (κ2) is 9.65. The van der Waals surface area contributed by atoms with Crippen molar-refractivity contribution in [2.45, 2.75) is 57.4 Å². The summed E-state index contributed by atoms with van der Waals surface area (Å²) in [4.78, 5) is 22.5. The predicted octanol–water partition coefficient (Wildman–Crippen LogP) is 1.91. The van der Waals surface area contributed by atoms with Gasteiger partial charge in [0.25, 0.3) is 0 Å². The third-order valence-corrected chi connectivity index (χ3v) is 6.99. The zero-order valence-corrected chi connectivity index (χ0v) is 18.5. The highest BCUT2D eigenvalue weighted by Gasteiger charge is 2.33. The lowest BCUT2D eigenvalue weighted by molar-refractivity contribution is -0.131. The Hall–Kier alpha value is -2.33. The van der Waals surface area contributed by atoms with Gasteiger partial charge in [-0.1, -0.05) is 19.0 Å². The zero-order valence-electron chi connectivity index (χ0n) is 17.7. The van der Waals surface area contributed by atoms with Gasteiger partial charge in [0.2, 0.25) is 21.8 Å². The standard InChI is InChI=1S/C20H29N5O4S/c1-15(2)12-20-22-19(23-29-20)8-11-25(16(3)26)17-6-5-10-24(14-17)30(27,28)18-7-4-9-21-13-18/h4,7,9,13,15,17H,5-6,8,10-12,14H2,1-3H3. The normalized spacial score (nSPS) is 17.9. The van der Waals surface area contributed by atoms with Crippen LogP contribution < -0.4 is 0 Å². The first-order valence-electron chi connectivity index (χ1n) is 10.3. The van der Waals surface area contributed by atoms with Crippen LogP contribution >= 0.6 is 0 Å². The average molecular weight is 436 g/mol. The molecule has 10 heteroatoms. The van der Waals surface area contributed by atoms with Gasteiger partial charge in [0.05, 0.1) is 0 Å². The Balaban J connectivity index is 1.67. The fourth-order valence-electron chi connectivity index (χ4n) is 3.68. The van der Waals surface area contributed by atoms with Crippen molar-refractivity contribution in [3.05, 3.63) is 36.2 Å². The Morgan fingerprint density at radius 1 is 1.40 bits per heavy atom. The van der Waals surface area contributed by atoms with E-state index in [0.717, 1.165) is 6.42 Å². The second-order valence-corrected chi connectivity index (χ2v) is 9.95. The maximum atomic E-state index is 12.9. The van der Waals surface area contributed by atoms with Gasteiger partial charge in [-0.15, -0.1) is 0 Å². The molecule has 0 aliphatic carbocycles. The molecule has 0 bridgehead atoms. The highest BCUT2D eigenvalue weighted by molar-refractivity contribution is 7.89. The number of rotatable bonds is 8. The van der Waals surface area contributed by atoms with Crippen LogP contribution in [0, 0.1) is 5.92 Å². The Bertz CT molecular complexity index is 945. The van der Waals surface area contributed by atoms with Crippen molar-refractivity contribution in [3.63, 3.8) is 0 Å². The third kappa shape index (κ3) is 5.42. The Kier molecular flexibility index (Phi) is 7.19. The van der Waals surface area contributed by atoms with Crippen molar-refractivity contribution < 1.29 is 17.7 Å². The van der Waals surface area contributed by atoms with Crippen molar-refractivity contribution in [2.75, 3.05) is 19.6 Å². The van der Waals surface area contributed by atoms with Crippen molar-refractivity contribution in [2.24, 2.45) is 5.92 Å². The molecule has 0 aromatic carbocycles. The summed E-state index contributed by atoms with van der Waals surface area (Å²) in [5, 5.41) is 4.00. The van der Waals surface area contributed by atoms with Gasteiger partial charge in [0, 0.05) is 57.8 Å². The van der Waals surface area contributed by atoms with Crippen LogP contribution in [0.5, 0.6) is 0 Å². The van der Waals surface area contributed by atoms with E-state index in [4.69, 9.17) is 4.52 Å². The summed E-state index contributed by atoms with van der Waals surface area (Å²) in [6, 6.07) is 2.96. The minimum atomic E-state index is -3.64. The van der Waals surface area contributed by atoms with Crippen LogP contribution in [0.1, 0.15) is 45.3 Å². The van der Waals surface area contributed by atoms with Crippen LogP contribution in [-0.4, -0.2) is 64.3 Å². The molecule has 1 atom stereocenters. The molecular formula is C20H29N5O4S. The Labute approximate surface area is 177 Å². The number of aromatic nitrogens is 3. The maximum absolute atomic E-state index is 12.9. The van der Waals surface area contributed by atoms with Crippen molar-refractivity contribution in [1.29, 1.82) is 0 Å². The summed E-state index contributed by atoms with van der Waals surface area (Å²) >= 11 is 0. The van der Waals surface area contributed by atoms with Gasteiger partial charge in [0.15, 0.2) is 5.82 Å². The lowest BCUT2D eigenvalue weighted by atomic mass is 10.1. The molecule has 1 amide bonds. The number of carbonyl (C=O) groups excluding carboxylic acids is 1. The summed E-state index contributed by atoms with van der Waals surface area (Å²) in [5.74, 6) is 1.49. The summed E-state index contributed by atoms with van der Waals surface area (Å²) < 4.78 is 32.6. The molecule has 1 aliphatic heterocycles. The van der Waals surface area contributed by atoms with Crippen LogP contribution in [0.3, 0.4) is 0 Å². The molecule has 0 radical (unpaired) electrons. The molecule has 3 rings (SSSR count). The minimum Gasteiger partial charge on any atom is -0.339 e. The predicted molar refractivity (Wildman–Crippen MR) is 110 cm³/mol. The van der Waals surface area contributed by atoms with Crippen molar-refractivity contribution >= 4 is 15.9 Å². The molecule has 1 saturated heterocycles. The first-order valence-corrected chi connectivity index (χ1v) is 11.7. The molecule has 2 aromatic heterocycles. The Morgan fingerprint density at radius 2 is 2.20 bits per heavy atom. The van der Waals surface area contributed by atoms with Crippen LogP contribution in [-0.2, 0) is 27.7 Å². The molecule has 0 N–H and O–H groups in total. The number of amides is 1. The summed E-state index contributed by atoms with van der Waals surface area (Å²) in [6.07, 6.45) is 5.52. The topological polar surface area (TPSA) is 110 Å². The highest BCUT2D eigenvalue weighted by Crippen LogP contribution is 2.23. The van der Waals surface area contributed by atoms with E-state index >= 15 is 0 Å². The highest BCUT2D eigenvalue weighted by atomic mass is 32.2. The molecule has 9 nitrogen and oxygen atoms in total. The first kappa shape index (κ1) is 22.4. The van der Waals surface area contributed by atoms with Crippen LogP contribution in [0.4, 0.5) is 0 Å². The number of hydrogen-bond donors (Lipinski definition) is 0. The zero-order chi connectivity index (χ0) is 21.7. The number of hydrogen-bond acceptors (Lipinski definition) is 7. The van der Waals surface area contributed by atoms with Crippen molar-refractivity contribution in [1.82, 2.24) is 24.3 Å². The van der Waals surface area contributed by atoms with Crippen LogP contribution in [0.2, 0.25) is 0 Å². The van der Waals surface area contributed by atoms with Crippen LogP contribution in [0.15, 0.2) is 33.9 Å². The molecule has 2 aromatic rings. The number of pyridine rings is 1. The molecule has 1 fully saturated rings. The molecule has 164 valence electrons. The van der Waals surface area contributed by atoms with Gasteiger partial charge >= 0.3 is 0 Å². The van der Waals surface area contributed by atoms with Gasteiger partial charge in [-0.25, -0.2) is 8.42 Å². The summed E-state index contributed by atoms with van der Waals surface area (Å²) in [6.45, 7) is 6.78. The lowest BCUT2D eigenvalue weighted by Crippen LogP contribution is -2.51. The van der Waals surface area contributed by atoms with E-state index in [1.165, 1.54) is 17.4 Å². The maximum Gasteiger partial charge on any atom is 0.244 e.